The summed E-state index contributed by atoms with van der Waals surface area (Å²) in [6.45, 7) is 3.43. The number of hydrogen-bond acceptors (Lipinski definition) is 6. The number of nitrogens with one attached hydrogen (secondary N) is 2. The zero-order valence-electron chi connectivity index (χ0n) is 17.2. The van der Waals surface area contributed by atoms with Crippen LogP contribution >= 0.6 is 11.3 Å². The summed E-state index contributed by atoms with van der Waals surface area (Å²) < 4.78 is 10.4. The predicted molar refractivity (Wildman–Crippen MR) is 117 cm³/mol. The summed E-state index contributed by atoms with van der Waals surface area (Å²) in [7, 11) is 3.07. The molecule has 2 amide bonds. The van der Waals surface area contributed by atoms with Crippen LogP contribution in [0.1, 0.15) is 35.8 Å². The minimum Gasteiger partial charge on any atom is -0.493 e. The Morgan fingerprint density at radius 2 is 1.73 bits per heavy atom. The second kappa shape index (κ2) is 9.41. The third-order valence-electron chi connectivity index (χ3n) is 4.50. The first kappa shape index (κ1) is 21.3. The number of benzene rings is 2. The summed E-state index contributed by atoms with van der Waals surface area (Å²) in [5.74, 6) is 0.692. The standard InChI is InChI=1S/C22H23N3O4S/c1-13(23-14(2)26)15-5-7-16(8-6-15)18-12-30-22(24-18)25-21(27)17-9-10-19(28-3)20(11-17)29-4/h5-13H,1-4H3,(H,23,26)(H,24,25,27). The van der Waals surface area contributed by atoms with E-state index in [-0.39, 0.29) is 17.9 Å². The fourth-order valence-electron chi connectivity index (χ4n) is 2.94. The molecule has 0 radical (unpaired) electrons. The number of methoxy groups -OCH3 is 2. The Balaban J connectivity index is 1.70. The van der Waals surface area contributed by atoms with Crippen molar-refractivity contribution in [2.24, 2.45) is 0 Å². The SMILES string of the molecule is COc1ccc(C(=O)Nc2nc(-c3ccc(C(C)NC(C)=O)cc3)cs2)cc1OC. The monoisotopic (exact) mass is 425 g/mol. The Morgan fingerprint density at radius 3 is 2.37 bits per heavy atom. The fraction of sp³-hybridized carbons (Fsp3) is 0.227. The minimum absolute atomic E-state index is 0.0664. The summed E-state index contributed by atoms with van der Waals surface area (Å²) in [6, 6.07) is 12.7. The van der Waals surface area contributed by atoms with Gasteiger partial charge in [-0.1, -0.05) is 24.3 Å². The van der Waals surface area contributed by atoms with Gasteiger partial charge in [0.15, 0.2) is 16.6 Å². The predicted octanol–water partition coefficient (Wildman–Crippen LogP) is 4.28. The van der Waals surface area contributed by atoms with Crippen LogP contribution in [0.3, 0.4) is 0 Å². The average molecular weight is 426 g/mol. The molecule has 156 valence electrons. The largest absolute Gasteiger partial charge is 0.493 e. The fourth-order valence-corrected chi connectivity index (χ4v) is 3.66. The second-order valence-electron chi connectivity index (χ2n) is 6.61. The van der Waals surface area contributed by atoms with Gasteiger partial charge in [0, 0.05) is 23.4 Å². The Bertz CT molecular complexity index is 1050. The van der Waals surface area contributed by atoms with Gasteiger partial charge < -0.3 is 14.8 Å². The number of carbonyl (C=O) groups is 2. The van der Waals surface area contributed by atoms with E-state index in [2.05, 4.69) is 15.6 Å². The molecule has 1 aromatic heterocycles. The highest BCUT2D eigenvalue weighted by Gasteiger charge is 2.14. The first-order chi connectivity index (χ1) is 14.4. The van der Waals surface area contributed by atoms with Crippen molar-refractivity contribution >= 4 is 28.3 Å². The number of ether oxygens (including phenoxy) is 2. The topological polar surface area (TPSA) is 89.5 Å². The van der Waals surface area contributed by atoms with E-state index in [4.69, 9.17) is 9.47 Å². The molecule has 7 nitrogen and oxygen atoms in total. The molecule has 3 rings (SSSR count). The Morgan fingerprint density at radius 1 is 1.03 bits per heavy atom. The summed E-state index contributed by atoms with van der Waals surface area (Å²) in [4.78, 5) is 28.3. The highest BCUT2D eigenvalue weighted by Crippen LogP contribution is 2.29. The maximum absolute atomic E-state index is 12.6. The van der Waals surface area contributed by atoms with Crippen LogP contribution in [0.4, 0.5) is 5.13 Å². The second-order valence-corrected chi connectivity index (χ2v) is 7.46. The van der Waals surface area contributed by atoms with E-state index in [0.717, 1.165) is 16.8 Å². The van der Waals surface area contributed by atoms with Crippen LogP contribution < -0.4 is 20.1 Å². The molecule has 2 N–H and O–H groups in total. The number of carbonyl (C=O) groups excluding carboxylic acids is 2. The lowest BCUT2D eigenvalue weighted by atomic mass is 10.1. The number of rotatable bonds is 7. The molecule has 1 unspecified atom stereocenters. The molecule has 2 aromatic carbocycles. The molecule has 8 heteroatoms. The van der Waals surface area contributed by atoms with Gasteiger partial charge in [-0.15, -0.1) is 11.3 Å². The van der Waals surface area contributed by atoms with Crippen LogP contribution in [-0.4, -0.2) is 31.0 Å². The van der Waals surface area contributed by atoms with Crippen molar-refractivity contribution in [2.45, 2.75) is 19.9 Å². The molecular formula is C22H23N3O4S. The molecule has 0 saturated heterocycles. The van der Waals surface area contributed by atoms with E-state index in [0.29, 0.717) is 22.2 Å². The average Bonchev–Trinajstić information content (AvgIpc) is 3.21. The molecule has 0 aliphatic heterocycles. The van der Waals surface area contributed by atoms with Gasteiger partial charge in [-0.05, 0) is 30.7 Å². The first-order valence-electron chi connectivity index (χ1n) is 9.27. The Hall–Kier alpha value is -3.39. The zero-order chi connectivity index (χ0) is 21.7. The number of hydrogen-bond donors (Lipinski definition) is 2. The van der Waals surface area contributed by atoms with E-state index in [9.17, 15) is 9.59 Å². The molecule has 0 spiro atoms. The van der Waals surface area contributed by atoms with Crippen molar-refractivity contribution in [3.63, 3.8) is 0 Å². The van der Waals surface area contributed by atoms with Gasteiger partial charge in [-0.25, -0.2) is 4.98 Å². The van der Waals surface area contributed by atoms with Gasteiger partial charge in [0.05, 0.1) is 26.0 Å². The Kier molecular flexibility index (Phi) is 6.68. The molecule has 0 saturated carbocycles. The van der Waals surface area contributed by atoms with Crippen molar-refractivity contribution in [2.75, 3.05) is 19.5 Å². The quantitative estimate of drug-likeness (QED) is 0.590. The van der Waals surface area contributed by atoms with Gasteiger partial charge >= 0.3 is 0 Å². The molecule has 3 aromatic rings. The number of amides is 2. The van der Waals surface area contributed by atoms with Crippen molar-refractivity contribution in [3.05, 3.63) is 59.0 Å². The molecule has 30 heavy (non-hydrogen) atoms. The molecule has 0 aliphatic carbocycles. The number of anilines is 1. The number of thiazole rings is 1. The van der Waals surface area contributed by atoms with Crippen molar-refractivity contribution in [3.8, 4) is 22.8 Å². The van der Waals surface area contributed by atoms with Crippen LogP contribution in [-0.2, 0) is 4.79 Å². The maximum atomic E-state index is 12.6. The molecular weight excluding hydrogens is 402 g/mol. The molecule has 1 atom stereocenters. The molecule has 0 bridgehead atoms. The van der Waals surface area contributed by atoms with Crippen LogP contribution in [0.2, 0.25) is 0 Å². The minimum atomic E-state index is -0.281. The van der Waals surface area contributed by atoms with Crippen molar-refractivity contribution in [1.82, 2.24) is 10.3 Å². The lowest BCUT2D eigenvalue weighted by Crippen LogP contribution is -2.23. The number of nitrogens with zero attached hydrogens (tertiary/aromatic N) is 1. The zero-order valence-corrected chi connectivity index (χ0v) is 18.0. The van der Waals surface area contributed by atoms with Gasteiger partial charge in [0.25, 0.3) is 5.91 Å². The third kappa shape index (κ3) is 4.96. The van der Waals surface area contributed by atoms with Crippen LogP contribution in [0.15, 0.2) is 47.8 Å². The highest BCUT2D eigenvalue weighted by atomic mass is 32.1. The normalized spacial score (nSPS) is 11.5. The lowest BCUT2D eigenvalue weighted by molar-refractivity contribution is -0.119. The summed E-state index contributed by atoms with van der Waals surface area (Å²) in [5.41, 5.74) is 3.14. The summed E-state index contributed by atoms with van der Waals surface area (Å²) in [6.07, 6.45) is 0. The van der Waals surface area contributed by atoms with E-state index < -0.39 is 0 Å². The summed E-state index contributed by atoms with van der Waals surface area (Å²) >= 11 is 1.35. The number of aromatic nitrogens is 1. The molecule has 1 heterocycles. The maximum Gasteiger partial charge on any atom is 0.257 e. The van der Waals surface area contributed by atoms with Crippen LogP contribution in [0.25, 0.3) is 11.3 Å². The first-order valence-corrected chi connectivity index (χ1v) is 10.2. The van der Waals surface area contributed by atoms with Crippen LogP contribution in [0.5, 0.6) is 11.5 Å². The van der Waals surface area contributed by atoms with Crippen molar-refractivity contribution < 1.29 is 19.1 Å². The van der Waals surface area contributed by atoms with E-state index >= 15 is 0 Å². The van der Waals surface area contributed by atoms with Crippen molar-refractivity contribution in [1.29, 1.82) is 0 Å². The van der Waals surface area contributed by atoms with Gasteiger partial charge in [0.1, 0.15) is 0 Å². The smallest absolute Gasteiger partial charge is 0.257 e. The van der Waals surface area contributed by atoms with E-state index in [1.807, 2.05) is 36.6 Å². The highest BCUT2D eigenvalue weighted by molar-refractivity contribution is 7.14. The van der Waals surface area contributed by atoms with Crippen LogP contribution in [0, 0.1) is 0 Å². The van der Waals surface area contributed by atoms with E-state index in [1.54, 1.807) is 25.3 Å². The lowest BCUT2D eigenvalue weighted by Gasteiger charge is -2.13. The van der Waals surface area contributed by atoms with Gasteiger partial charge in [-0.3, -0.25) is 14.9 Å². The van der Waals surface area contributed by atoms with Gasteiger partial charge in [-0.2, -0.15) is 0 Å². The molecule has 0 aliphatic rings. The van der Waals surface area contributed by atoms with E-state index in [1.165, 1.54) is 25.4 Å². The third-order valence-corrected chi connectivity index (χ3v) is 5.25. The summed E-state index contributed by atoms with van der Waals surface area (Å²) in [5, 5.41) is 8.06. The molecule has 0 fully saturated rings. The van der Waals surface area contributed by atoms with Gasteiger partial charge in [0.2, 0.25) is 5.91 Å². The Labute approximate surface area is 179 Å².